The number of pyridine rings is 1. The molecule has 0 atom stereocenters. The number of fused-ring (bicyclic) bond motifs is 1. The third-order valence-corrected chi connectivity index (χ3v) is 6.99. The van der Waals surface area contributed by atoms with E-state index >= 15 is 4.39 Å². The number of alkyl halides is 1. The molecule has 0 radical (unpaired) electrons. The molecule has 0 spiro atoms. The lowest BCUT2D eigenvalue weighted by Gasteiger charge is -2.30. The topological polar surface area (TPSA) is 79.2 Å². The highest BCUT2D eigenvalue weighted by molar-refractivity contribution is 5.62. The van der Waals surface area contributed by atoms with Crippen LogP contribution in [0.1, 0.15) is 42.7 Å². The van der Waals surface area contributed by atoms with Crippen LogP contribution in [0.15, 0.2) is 60.9 Å². The van der Waals surface area contributed by atoms with E-state index in [1.54, 1.807) is 6.20 Å². The summed E-state index contributed by atoms with van der Waals surface area (Å²) in [5.41, 5.74) is 4.02. The molecule has 1 aliphatic carbocycles. The third kappa shape index (κ3) is 4.84. The maximum absolute atomic E-state index is 15.2. The molecule has 1 aromatic carbocycles. The van der Waals surface area contributed by atoms with Gasteiger partial charge in [0.25, 0.3) is 0 Å². The predicted molar refractivity (Wildman–Crippen MR) is 136 cm³/mol. The molecule has 0 bridgehead atoms. The molecule has 35 heavy (non-hydrogen) atoms. The largest absolute Gasteiger partial charge is 0.367 e. The first-order valence-corrected chi connectivity index (χ1v) is 12.4. The zero-order valence-corrected chi connectivity index (χ0v) is 19.7. The number of hydrogen-bond donors (Lipinski definition) is 3. The minimum atomic E-state index is -1.21. The molecule has 1 saturated carbocycles. The van der Waals surface area contributed by atoms with Gasteiger partial charge < -0.3 is 16.0 Å². The predicted octanol–water partition coefficient (Wildman–Crippen LogP) is 4.78. The maximum atomic E-state index is 15.2. The average Bonchev–Trinajstić information content (AvgIpc) is 3.66. The smallest absolute Gasteiger partial charge is 0.163 e. The second-order valence-electron chi connectivity index (χ2n) is 9.66. The van der Waals surface area contributed by atoms with Gasteiger partial charge in [0.15, 0.2) is 5.65 Å². The Morgan fingerprint density at radius 3 is 2.63 bits per heavy atom. The molecule has 3 aromatic heterocycles. The summed E-state index contributed by atoms with van der Waals surface area (Å²) in [5, 5.41) is 14.7. The van der Waals surface area contributed by atoms with Gasteiger partial charge in [0.2, 0.25) is 0 Å². The van der Waals surface area contributed by atoms with Gasteiger partial charge in [0.05, 0.1) is 18.4 Å². The Kier molecular flexibility index (Phi) is 5.82. The van der Waals surface area contributed by atoms with E-state index < -0.39 is 5.67 Å². The van der Waals surface area contributed by atoms with Crippen LogP contribution in [0.3, 0.4) is 0 Å². The summed E-state index contributed by atoms with van der Waals surface area (Å²) in [5.74, 6) is 2.05. The number of benzene rings is 1. The van der Waals surface area contributed by atoms with Crippen molar-refractivity contribution in [1.82, 2.24) is 24.9 Å². The lowest BCUT2D eigenvalue weighted by Crippen LogP contribution is -2.43. The molecule has 0 unspecified atom stereocenters. The first-order valence-electron chi connectivity index (χ1n) is 12.4. The number of hydrogen-bond acceptors (Lipinski definition) is 6. The molecule has 3 N–H and O–H groups in total. The van der Waals surface area contributed by atoms with E-state index in [1.807, 2.05) is 35.0 Å². The zero-order chi connectivity index (χ0) is 23.7. The van der Waals surface area contributed by atoms with Gasteiger partial charge in [-0.15, -0.1) is 0 Å². The summed E-state index contributed by atoms with van der Waals surface area (Å²) in [4.78, 5) is 9.26. The summed E-state index contributed by atoms with van der Waals surface area (Å²) in [7, 11) is 0. The van der Waals surface area contributed by atoms with E-state index in [0.29, 0.717) is 44.2 Å². The quantitative estimate of drug-likeness (QED) is 0.343. The number of nitrogens with one attached hydrogen (secondary N) is 3. The van der Waals surface area contributed by atoms with Gasteiger partial charge in [-0.05, 0) is 62.4 Å². The maximum Gasteiger partial charge on any atom is 0.163 e. The summed E-state index contributed by atoms with van der Waals surface area (Å²) >= 11 is 0. The second-order valence-corrected chi connectivity index (χ2v) is 9.66. The van der Waals surface area contributed by atoms with Gasteiger partial charge >= 0.3 is 0 Å². The van der Waals surface area contributed by atoms with E-state index in [9.17, 15) is 0 Å². The number of anilines is 2. The number of nitrogens with zero attached hydrogens (tertiary/aromatic N) is 4. The standard InChI is InChI=1S/C27H30FN7/c28-27(10-13-29-14-11-27)18-32-24-15-25(35-26(34-24)22(17-33-35)20-8-9-20)31-16-19-4-6-21(7-5-19)23-3-1-2-12-30-23/h1-7,12,15,17,20,29,31H,8-11,13-14,16,18H2,(H,32,34). The molecule has 8 heteroatoms. The third-order valence-electron chi connectivity index (χ3n) is 6.99. The van der Waals surface area contributed by atoms with E-state index in [0.717, 1.165) is 28.3 Å². The van der Waals surface area contributed by atoms with Crippen molar-refractivity contribution in [2.75, 3.05) is 30.3 Å². The van der Waals surface area contributed by atoms with Crippen molar-refractivity contribution in [1.29, 1.82) is 0 Å². The van der Waals surface area contributed by atoms with Crippen molar-refractivity contribution in [2.45, 2.75) is 43.8 Å². The average molecular weight is 472 g/mol. The van der Waals surface area contributed by atoms with Gasteiger partial charge in [0.1, 0.15) is 17.3 Å². The van der Waals surface area contributed by atoms with Crippen LogP contribution < -0.4 is 16.0 Å². The highest BCUT2D eigenvalue weighted by Crippen LogP contribution is 2.42. The monoisotopic (exact) mass is 471 g/mol. The lowest BCUT2D eigenvalue weighted by atomic mass is 9.94. The second kappa shape index (κ2) is 9.26. The first-order chi connectivity index (χ1) is 17.2. The Bertz CT molecular complexity index is 1290. The minimum absolute atomic E-state index is 0.263. The normalized spacial score (nSPS) is 17.4. The first kappa shape index (κ1) is 22.0. The molecule has 2 fully saturated rings. The molecule has 7 nitrogen and oxygen atoms in total. The fourth-order valence-electron chi connectivity index (χ4n) is 4.70. The number of piperidine rings is 1. The van der Waals surface area contributed by atoms with Crippen LogP contribution in [0.25, 0.3) is 16.9 Å². The Balaban J connectivity index is 1.22. The number of halogens is 1. The summed E-state index contributed by atoms with van der Waals surface area (Å²) in [6.07, 6.45) is 7.12. The molecule has 180 valence electrons. The van der Waals surface area contributed by atoms with Crippen molar-refractivity contribution in [3.8, 4) is 11.3 Å². The minimum Gasteiger partial charge on any atom is -0.367 e. The number of rotatable bonds is 8. The Morgan fingerprint density at radius 2 is 1.89 bits per heavy atom. The molecule has 4 heterocycles. The van der Waals surface area contributed by atoms with E-state index in [1.165, 1.54) is 18.4 Å². The van der Waals surface area contributed by atoms with Gasteiger partial charge in [0, 0.05) is 29.9 Å². The van der Waals surface area contributed by atoms with Crippen LogP contribution in [-0.2, 0) is 6.54 Å². The van der Waals surface area contributed by atoms with Crippen LogP contribution in [-0.4, -0.2) is 44.9 Å². The SMILES string of the molecule is FC1(CNc2cc(NCc3ccc(-c4ccccn4)cc3)n3ncc(C4CC4)c3n2)CCNCC1. The van der Waals surface area contributed by atoms with Crippen molar-refractivity contribution in [2.24, 2.45) is 0 Å². The molecule has 4 aromatic rings. The van der Waals surface area contributed by atoms with Crippen LogP contribution in [0.5, 0.6) is 0 Å². The Morgan fingerprint density at radius 1 is 1.06 bits per heavy atom. The fourth-order valence-corrected chi connectivity index (χ4v) is 4.70. The van der Waals surface area contributed by atoms with Crippen LogP contribution in [0.4, 0.5) is 16.0 Å². The highest BCUT2D eigenvalue weighted by Gasteiger charge is 2.32. The van der Waals surface area contributed by atoms with E-state index in [2.05, 4.69) is 50.3 Å². The Hall–Kier alpha value is -3.52. The molecule has 1 saturated heterocycles. The van der Waals surface area contributed by atoms with Gasteiger partial charge in [-0.1, -0.05) is 30.3 Å². The van der Waals surface area contributed by atoms with Crippen LogP contribution in [0.2, 0.25) is 0 Å². The van der Waals surface area contributed by atoms with Gasteiger partial charge in [-0.25, -0.2) is 9.37 Å². The molecule has 6 rings (SSSR count). The molecular formula is C27H30FN7. The summed E-state index contributed by atoms with van der Waals surface area (Å²) in [6, 6.07) is 16.3. The van der Waals surface area contributed by atoms with Crippen molar-refractivity contribution in [3.05, 3.63) is 72.1 Å². The number of aromatic nitrogens is 4. The summed E-state index contributed by atoms with van der Waals surface area (Å²) < 4.78 is 17.1. The van der Waals surface area contributed by atoms with Gasteiger partial charge in [-0.3, -0.25) is 4.98 Å². The van der Waals surface area contributed by atoms with Crippen molar-refractivity contribution < 1.29 is 4.39 Å². The zero-order valence-electron chi connectivity index (χ0n) is 19.7. The summed E-state index contributed by atoms with van der Waals surface area (Å²) in [6.45, 7) is 2.33. The molecular weight excluding hydrogens is 441 g/mol. The lowest BCUT2D eigenvalue weighted by molar-refractivity contribution is 0.131. The van der Waals surface area contributed by atoms with E-state index in [-0.39, 0.29) is 6.54 Å². The van der Waals surface area contributed by atoms with Gasteiger partial charge in [-0.2, -0.15) is 9.61 Å². The molecule has 2 aliphatic rings. The Labute approximate surface area is 204 Å². The highest BCUT2D eigenvalue weighted by atomic mass is 19.1. The molecule has 1 aliphatic heterocycles. The van der Waals surface area contributed by atoms with Crippen LogP contribution in [0, 0.1) is 0 Å². The van der Waals surface area contributed by atoms with Crippen molar-refractivity contribution >= 4 is 17.3 Å². The fraction of sp³-hybridized carbons (Fsp3) is 0.370. The van der Waals surface area contributed by atoms with Crippen LogP contribution >= 0.6 is 0 Å². The molecule has 0 amide bonds. The van der Waals surface area contributed by atoms with E-state index in [4.69, 9.17) is 4.98 Å². The van der Waals surface area contributed by atoms with Crippen molar-refractivity contribution in [3.63, 3.8) is 0 Å².